The summed E-state index contributed by atoms with van der Waals surface area (Å²) in [6, 6.07) is 12.2. The first kappa shape index (κ1) is 24.1. The Morgan fingerprint density at radius 1 is 1.21 bits per heavy atom. The van der Waals surface area contributed by atoms with Crippen molar-refractivity contribution in [2.75, 3.05) is 7.05 Å². The molecule has 0 fully saturated rings. The predicted molar refractivity (Wildman–Crippen MR) is 134 cm³/mol. The van der Waals surface area contributed by atoms with Crippen LogP contribution in [0.1, 0.15) is 35.5 Å². The number of carbonyl (C=O) groups excluding carboxylic acids is 1. The number of fused-ring (bicyclic) bond motifs is 1. The summed E-state index contributed by atoms with van der Waals surface area (Å²) in [4.78, 5) is 19.2. The average molecular weight is 498 g/mol. The molecular formula is C24H27N5O3S2. The number of pyridine rings is 1. The van der Waals surface area contributed by atoms with Crippen LogP contribution in [-0.4, -0.2) is 46.5 Å². The van der Waals surface area contributed by atoms with Crippen LogP contribution in [0.5, 0.6) is 0 Å². The van der Waals surface area contributed by atoms with Crippen LogP contribution in [0, 0.1) is 6.92 Å². The van der Waals surface area contributed by atoms with Gasteiger partial charge in [-0.1, -0.05) is 18.2 Å². The second kappa shape index (κ2) is 9.28. The van der Waals surface area contributed by atoms with E-state index in [9.17, 15) is 13.2 Å². The molecule has 0 spiro atoms. The SMILES string of the molecule is Cc1nn(C)c2nc(-c3cccs3)cc(C(=O)NCc3ccc(S(=O)(=O)N(C)C(C)C)cc3)c12. The minimum atomic E-state index is -3.55. The molecule has 0 unspecified atom stereocenters. The fraction of sp³-hybridized carbons (Fsp3) is 0.292. The van der Waals surface area contributed by atoms with Gasteiger partial charge in [0.2, 0.25) is 10.0 Å². The number of nitrogens with zero attached hydrogens (tertiary/aromatic N) is 4. The maximum atomic E-state index is 13.2. The molecule has 1 N–H and O–H groups in total. The standard InChI is InChI=1S/C24H27N5O3S2/c1-15(2)29(5)34(31,32)18-10-8-17(9-11-18)14-25-24(30)19-13-20(21-7-6-12-33-21)26-23-22(19)16(3)27-28(23)4/h6-13,15H,14H2,1-5H3,(H,25,30). The van der Waals surface area contributed by atoms with Gasteiger partial charge in [0.1, 0.15) is 0 Å². The summed E-state index contributed by atoms with van der Waals surface area (Å²) in [6.07, 6.45) is 0. The smallest absolute Gasteiger partial charge is 0.252 e. The van der Waals surface area contributed by atoms with Crippen LogP contribution in [0.15, 0.2) is 52.7 Å². The van der Waals surface area contributed by atoms with E-state index in [1.165, 1.54) is 4.31 Å². The summed E-state index contributed by atoms with van der Waals surface area (Å²) in [5, 5.41) is 10.1. The zero-order chi connectivity index (χ0) is 24.6. The van der Waals surface area contributed by atoms with Gasteiger partial charge in [0.15, 0.2) is 5.65 Å². The van der Waals surface area contributed by atoms with Gasteiger partial charge < -0.3 is 5.32 Å². The molecule has 0 radical (unpaired) electrons. The van der Waals surface area contributed by atoms with Crippen molar-refractivity contribution < 1.29 is 13.2 Å². The fourth-order valence-electron chi connectivity index (χ4n) is 3.68. The van der Waals surface area contributed by atoms with E-state index in [-0.39, 0.29) is 23.4 Å². The molecule has 3 heterocycles. The molecule has 1 aromatic carbocycles. The fourth-order valence-corrected chi connectivity index (χ4v) is 5.73. The molecule has 4 rings (SSSR count). The Labute approximate surface area is 203 Å². The number of rotatable bonds is 7. The maximum absolute atomic E-state index is 13.2. The molecule has 0 aliphatic carbocycles. The number of amides is 1. The van der Waals surface area contributed by atoms with E-state index in [0.717, 1.165) is 27.2 Å². The van der Waals surface area contributed by atoms with Crippen molar-refractivity contribution in [3.63, 3.8) is 0 Å². The Balaban J connectivity index is 1.58. The van der Waals surface area contributed by atoms with Crippen LogP contribution in [0.3, 0.4) is 0 Å². The quantitative estimate of drug-likeness (QED) is 0.417. The molecule has 3 aromatic heterocycles. The lowest BCUT2D eigenvalue weighted by Crippen LogP contribution is -2.33. The number of nitrogens with one attached hydrogen (secondary N) is 1. The van der Waals surface area contributed by atoms with E-state index < -0.39 is 10.0 Å². The second-order valence-corrected chi connectivity index (χ2v) is 11.3. The van der Waals surface area contributed by atoms with Gasteiger partial charge in [0, 0.05) is 26.7 Å². The van der Waals surface area contributed by atoms with Crippen molar-refractivity contribution in [2.24, 2.45) is 7.05 Å². The Hall–Kier alpha value is -3.08. The summed E-state index contributed by atoms with van der Waals surface area (Å²) in [6.45, 7) is 5.77. The van der Waals surface area contributed by atoms with Gasteiger partial charge in [0.05, 0.1) is 32.1 Å². The lowest BCUT2D eigenvalue weighted by molar-refractivity contribution is 0.0952. The molecule has 34 heavy (non-hydrogen) atoms. The number of sulfonamides is 1. The highest BCUT2D eigenvalue weighted by Gasteiger charge is 2.23. The van der Waals surface area contributed by atoms with Gasteiger partial charge in [-0.05, 0) is 56.0 Å². The summed E-state index contributed by atoms with van der Waals surface area (Å²) < 4.78 is 28.4. The third-order valence-electron chi connectivity index (χ3n) is 5.77. The zero-order valence-electron chi connectivity index (χ0n) is 19.7. The number of aromatic nitrogens is 3. The lowest BCUT2D eigenvalue weighted by atomic mass is 10.1. The Morgan fingerprint density at radius 2 is 1.91 bits per heavy atom. The topological polar surface area (TPSA) is 97.2 Å². The normalized spacial score (nSPS) is 12.1. The highest BCUT2D eigenvalue weighted by atomic mass is 32.2. The highest BCUT2D eigenvalue weighted by Crippen LogP contribution is 2.29. The number of carbonyl (C=O) groups is 1. The molecule has 0 aliphatic heterocycles. The number of hydrogen-bond donors (Lipinski definition) is 1. The van der Waals surface area contributed by atoms with Gasteiger partial charge in [-0.2, -0.15) is 9.40 Å². The van der Waals surface area contributed by atoms with Crippen LogP contribution >= 0.6 is 11.3 Å². The summed E-state index contributed by atoms with van der Waals surface area (Å²) >= 11 is 1.56. The van der Waals surface area contributed by atoms with Crippen molar-refractivity contribution in [1.29, 1.82) is 0 Å². The maximum Gasteiger partial charge on any atom is 0.252 e. The first-order chi connectivity index (χ1) is 16.1. The van der Waals surface area contributed by atoms with E-state index in [1.54, 1.807) is 53.4 Å². The van der Waals surface area contributed by atoms with Crippen molar-refractivity contribution in [1.82, 2.24) is 24.4 Å². The molecule has 0 bridgehead atoms. The highest BCUT2D eigenvalue weighted by molar-refractivity contribution is 7.89. The third-order valence-corrected chi connectivity index (χ3v) is 8.71. The molecule has 0 saturated carbocycles. The second-order valence-electron chi connectivity index (χ2n) is 8.38. The molecule has 1 amide bonds. The Bertz CT molecular complexity index is 1440. The summed E-state index contributed by atoms with van der Waals surface area (Å²) in [5.74, 6) is -0.238. The van der Waals surface area contributed by atoms with Crippen LogP contribution in [0.2, 0.25) is 0 Å². The first-order valence-corrected chi connectivity index (χ1v) is 13.1. The number of aryl methyl sites for hydroxylation is 2. The predicted octanol–water partition coefficient (Wildman–Crippen LogP) is 3.96. The van der Waals surface area contributed by atoms with Crippen molar-refractivity contribution in [2.45, 2.75) is 38.3 Å². The van der Waals surface area contributed by atoms with Gasteiger partial charge >= 0.3 is 0 Å². The van der Waals surface area contributed by atoms with Crippen molar-refractivity contribution in [3.05, 3.63) is 64.7 Å². The first-order valence-electron chi connectivity index (χ1n) is 10.8. The van der Waals surface area contributed by atoms with E-state index in [4.69, 9.17) is 4.98 Å². The minimum absolute atomic E-state index is 0.142. The van der Waals surface area contributed by atoms with E-state index in [2.05, 4.69) is 10.4 Å². The lowest BCUT2D eigenvalue weighted by Gasteiger charge is -2.21. The van der Waals surface area contributed by atoms with Crippen LogP contribution < -0.4 is 5.32 Å². The van der Waals surface area contributed by atoms with E-state index in [0.29, 0.717) is 11.2 Å². The van der Waals surface area contributed by atoms with Crippen LogP contribution in [0.25, 0.3) is 21.6 Å². The number of thiophene rings is 1. The van der Waals surface area contributed by atoms with Gasteiger partial charge in [-0.15, -0.1) is 11.3 Å². The Kier molecular flexibility index (Phi) is 6.57. The molecule has 0 aliphatic rings. The van der Waals surface area contributed by atoms with Gasteiger partial charge in [-0.25, -0.2) is 13.4 Å². The van der Waals surface area contributed by atoms with Crippen LogP contribution in [0.4, 0.5) is 0 Å². The molecular weight excluding hydrogens is 470 g/mol. The summed E-state index contributed by atoms with van der Waals surface area (Å²) in [5.41, 5.74) is 3.41. The molecule has 8 nitrogen and oxygen atoms in total. The van der Waals surface area contributed by atoms with Gasteiger partial charge in [-0.3, -0.25) is 9.48 Å². The average Bonchev–Trinajstić information content (AvgIpc) is 3.45. The largest absolute Gasteiger partial charge is 0.348 e. The molecule has 4 aromatic rings. The monoisotopic (exact) mass is 497 g/mol. The van der Waals surface area contributed by atoms with Crippen molar-refractivity contribution in [3.8, 4) is 10.6 Å². The molecule has 10 heteroatoms. The number of hydrogen-bond acceptors (Lipinski definition) is 6. The van der Waals surface area contributed by atoms with Crippen molar-refractivity contribution >= 4 is 38.3 Å². The minimum Gasteiger partial charge on any atom is -0.348 e. The third kappa shape index (κ3) is 4.48. The molecule has 0 atom stereocenters. The molecule has 0 saturated heterocycles. The molecule has 178 valence electrons. The number of benzene rings is 1. The van der Waals surface area contributed by atoms with Crippen LogP contribution in [-0.2, 0) is 23.6 Å². The van der Waals surface area contributed by atoms with E-state index in [1.807, 2.05) is 45.3 Å². The summed E-state index contributed by atoms with van der Waals surface area (Å²) in [7, 11) is -0.174. The Morgan fingerprint density at radius 3 is 2.53 bits per heavy atom. The van der Waals surface area contributed by atoms with Gasteiger partial charge in [0.25, 0.3) is 5.91 Å². The van der Waals surface area contributed by atoms with E-state index >= 15 is 0 Å². The zero-order valence-corrected chi connectivity index (χ0v) is 21.4.